The summed E-state index contributed by atoms with van der Waals surface area (Å²) in [5, 5.41) is 3.55. The van der Waals surface area contributed by atoms with Crippen LogP contribution in [0.2, 0.25) is 0 Å². The molecule has 6 nitrogen and oxygen atoms in total. The van der Waals surface area contributed by atoms with Crippen LogP contribution >= 0.6 is 11.3 Å². The van der Waals surface area contributed by atoms with Crippen molar-refractivity contribution in [2.24, 2.45) is 11.0 Å². The van der Waals surface area contributed by atoms with E-state index in [1.165, 1.54) is 0 Å². The third kappa shape index (κ3) is 2.25. The summed E-state index contributed by atoms with van der Waals surface area (Å²) in [5.74, 6) is 0.183. The van der Waals surface area contributed by atoms with Crippen molar-refractivity contribution in [1.29, 1.82) is 0 Å². The number of amides is 1. The van der Waals surface area contributed by atoms with E-state index >= 15 is 0 Å². The van der Waals surface area contributed by atoms with Gasteiger partial charge in [-0.15, -0.1) is 11.3 Å². The van der Waals surface area contributed by atoms with Crippen LogP contribution in [0.3, 0.4) is 0 Å². The molecule has 0 radical (unpaired) electrons. The van der Waals surface area contributed by atoms with Crippen molar-refractivity contribution in [3.63, 3.8) is 0 Å². The molecular formula is C12H11N5OS. The average Bonchev–Trinajstić information content (AvgIpc) is 3.01. The second-order valence-electron chi connectivity index (χ2n) is 4.49. The van der Waals surface area contributed by atoms with E-state index in [0.29, 0.717) is 19.5 Å². The maximum absolute atomic E-state index is 12.0. The molecule has 1 aromatic heterocycles. The quantitative estimate of drug-likeness (QED) is 0.489. The van der Waals surface area contributed by atoms with Crippen LogP contribution in [0.5, 0.6) is 0 Å². The molecule has 1 unspecified atom stereocenters. The highest BCUT2D eigenvalue weighted by molar-refractivity contribution is 7.16. The molecule has 96 valence electrons. The number of carbonyl (C=O) groups is 1. The molecule has 1 aromatic carbocycles. The first kappa shape index (κ1) is 12.0. The minimum absolute atomic E-state index is 0.0766. The number of nitrogens with zero attached hydrogens (tertiary/aromatic N) is 5. The molecule has 7 heteroatoms. The van der Waals surface area contributed by atoms with Gasteiger partial charge >= 0.3 is 0 Å². The van der Waals surface area contributed by atoms with Crippen molar-refractivity contribution in [2.75, 3.05) is 18.0 Å². The Kier molecular flexibility index (Phi) is 3.06. The molecular weight excluding hydrogens is 262 g/mol. The van der Waals surface area contributed by atoms with Crippen LogP contribution in [0.1, 0.15) is 6.42 Å². The molecule has 1 amide bonds. The number of thiazole rings is 1. The molecule has 0 bridgehead atoms. The summed E-state index contributed by atoms with van der Waals surface area (Å²) in [7, 11) is 0. The monoisotopic (exact) mass is 273 g/mol. The number of carbonyl (C=O) groups excluding carboxylic acids is 1. The predicted molar refractivity (Wildman–Crippen MR) is 74.1 cm³/mol. The zero-order valence-electron chi connectivity index (χ0n) is 10.1. The summed E-state index contributed by atoms with van der Waals surface area (Å²) in [5.41, 5.74) is 11.9. The number of aromatic nitrogens is 1. The second-order valence-corrected chi connectivity index (χ2v) is 5.38. The Balaban J connectivity index is 1.85. The molecule has 0 N–H and O–H groups in total. The van der Waals surface area contributed by atoms with Gasteiger partial charge in [0.05, 0.1) is 15.7 Å². The van der Waals surface area contributed by atoms with E-state index in [1.807, 2.05) is 18.2 Å². The fraction of sp³-hybridized carbons (Fsp3) is 0.333. The first-order valence-electron chi connectivity index (χ1n) is 5.92. The lowest BCUT2D eigenvalue weighted by Gasteiger charge is -2.16. The van der Waals surface area contributed by atoms with Crippen LogP contribution in [0.4, 0.5) is 5.69 Å². The van der Waals surface area contributed by atoms with E-state index in [2.05, 4.69) is 15.0 Å². The highest BCUT2D eigenvalue weighted by atomic mass is 32.1. The predicted octanol–water partition coefficient (Wildman–Crippen LogP) is 2.96. The molecule has 19 heavy (non-hydrogen) atoms. The molecule has 2 heterocycles. The normalized spacial score (nSPS) is 18.8. The molecule has 0 saturated carbocycles. The molecule has 2 aromatic rings. The first-order valence-corrected chi connectivity index (χ1v) is 6.80. The maximum atomic E-state index is 12.0. The third-order valence-corrected chi connectivity index (χ3v) is 4.04. The van der Waals surface area contributed by atoms with Gasteiger partial charge in [-0.1, -0.05) is 5.11 Å². The van der Waals surface area contributed by atoms with Gasteiger partial charge in [-0.3, -0.25) is 4.79 Å². The van der Waals surface area contributed by atoms with E-state index in [4.69, 9.17) is 5.53 Å². The van der Waals surface area contributed by atoms with E-state index in [0.717, 1.165) is 15.9 Å². The zero-order chi connectivity index (χ0) is 13.2. The number of hydrogen-bond acceptors (Lipinski definition) is 4. The SMILES string of the molecule is [N-]=[N+]=NCC1CC(=O)N(c2ccc3scnc3c2)C1. The average molecular weight is 273 g/mol. The molecule has 1 aliphatic rings. The van der Waals surface area contributed by atoms with E-state index in [-0.39, 0.29) is 11.8 Å². The fourth-order valence-electron chi connectivity index (χ4n) is 2.32. The third-order valence-electron chi connectivity index (χ3n) is 3.23. The van der Waals surface area contributed by atoms with E-state index in [9.17, 15) is 4.79 Å². The van der Waals surface area contributed by atoms with E-state index < -0.39 is 0 Å². The minimum Gasteiger partial charge on any atom is -0.312 e. The largest absolute Gasteiger partial charge is 0.312 e. The van der Waals surface area contributed by atoms with Crippen molar-refractivity contribution in [3.8, 4) is 0 Å². The Labute approximate surface area is 113 Å². The Hall–Kier alpha value is -2.11. The van der Waals surface area contributed by atoms with Gasteiger partial charge in [0, 0.05) is 30.1 Å². The molecule has 1 fully saturated rings. The maximum Gasteiger partial charge on any atom is 0.227 e. The molecule has 1 saturated heterocycles. The lowest BCUT2D eigenvalue weighted by Crippen LogP contribution is -2.24. The van der Waals surface area contributed by atoms with Gasteiger partial charge in [0.15, 0.2) is 0 Å². The summed E-state index contributed by atoms with van der Waals surface area (Å²) in [4.78, 5) is 20.7. The summed E-state index contributed by atoms with van der Waals surface area (Å²) < 4.78 is 1.11. The van der Waals surface area contributed by atoms with Crippen LogP contribution in [0.15, 0.2) is 28.8 Å². The van der Waals surface area contributed by atoms with Gasteiger partial charge in [-0.25, -0.2) is 4.98 Å². The second kappa shape index (κ2) is 4.87. The Bertz CT molecular complexity index is 676. The molecule has 1 aliphatic heterocycles. The lowest BCUT2D eigenvalue weighted by molar-refractivity contribution is -0.117. The van der Waals surface area contributed by atoms with Gasteiger partial charge in [-0.2, -0.15) is 0 Å². The number of hydrogen-bond donors (Lipinski definition) is 0. The molecule has 0 spiro atoms. The smallest absolute Gasteiger partial charge is 0.227 e. The van der Waals surface area contributed by atoms with Crippen molar-refractivity contribution in [2.45, 2.75) is 6.42 Å². The van der Waals surface area contributed by atoms with Gasteiger partial charge in [0.25, 0.3) is 0 Å². The summed E-state index contributed by atoms with van der Waals surface area (Å²) >= 11 is 1.58. The van der Waals surface area contributed by atoms with Crippen LogP contribution < -0.4 is 4.90 Å². The Morgan fingerprint density at radius 3 is 3.32 bits per heavy atom. The first-order chi connectivity index (χ1) is 9.28. The summed E-state index contributed by atoms with van der Waals surface area (Å²) in [6.07, 6.45) is 0.439. The molecule has 1 atom stereocenters. The minimum atomic E-state index is 0.0766. The number of rotatable bonds is 3. The summed E-state index contributed by atoms with van der Waals surface area (Å²) in [6.45, 7) is 0.977. The molecule has 3 rings (SSSR count). The van der Waals surface area contributed by atoms with Gasteiger partial charge in [0.2, 0.25) is 5.91 Å². The fourth-order valence-corrected chi connectivity index (χ4v) is 2.98. The van der Waals surface area contributed by atoms with E-state index in [1.54, 1.807) is 21.7 Å². The number of azide groups is 1. The summed E-state index contributed by atoms with van der Waals surface area (Å²) in [6, 6.07) is 5.85. The highest BCUT2D eigenvalue weighted by Gasteiger charge is 2.30. The van der Waals surface area contributed by atoms with Crippen molar-refractivity contribution < 1.29 is 4.79 Å². The lowest BCUT2D eigenvalue weighted by atomic mass is 10.1. The van der Waals surface area contributed by atoms with Gasteiger partial charge in [0.1, 0.15) is 0 Å². The number of benzene rings is 1. The van der Waals surface area contributed by atoms with Gasteiger partial charge in [-0.05, 0) is 29.6 Å². The zero-order valence-corrected chi connectivity index (χ0v) is 10.9. The van der Waals surface area contributed by atoms with Crippen molar-refractivity contribution in [3.05, 3.63) is 34.2 Å². The van der Waals surface area contributed by atoms with Crippen molar-refractivity contribution in [1.82, 2.24) is 4.98 Å². The molecule has 0 aliphatic carbocycles. The topological polar surface area (TPSA) is 82.0 Å². The standard InChI is InChI=1S/C12H11N5OS/c13-16-15-5-8-3-12(18)17(6-8)9-1-2-11-10(4-9)14-7-19-11/h1-2,4,7-8H,3,5-6H2. The van der Waals surface area contributed by atoms with Crippen LogP contribution in [-0.2, 0) is 4.79 Å². The van der Waals surface area contributed by atoms with Crippen molar-refractivity contribution >= 4 is 33.1 Å². The van der Waals surface area contributed by atoms with Gasteiger partial charge < -0.3 is 4.90 Å². The van der Waals surface area contributed by atoms with Crippen LogP contribution in [-0.4, -0.2) is 24.0 Å². The Morgan fingerprint density at radius 2 is 2.47 bits per heavy atom. The van der Waals surface area contributed by atoms with Crippen LogP contribution in [0, 0.1) is 5.92 Å². The highest BCUT2D eigenvalue weighted by Crippen LogP contribution is 2.29. The number of fused-ring (bicyclic) bond motifs is 1. The van der Waals surface area contributed by atoms with Crippen LogP contribution in [0.25, 0.3) is 20.7 Å². The Morgan fingerprint density at radius 1 is 1.58 bits per heavy atom. The number of anilines is 1.